The highest BCUT2D eigenvalue weighted by molar-refractivity contribution is 4.87. The van der Waals surface area contributed by atoms with E-state index in [-0.39, 0.29) is 0 Å². The van der Waals surface area contributed by atoms with Crippen LogP contribution in [0.15, 0.2) is 12.2 Å². The van der Waals surface area contributed by atoms with Gasteiger partial charge in [-0.05, 0) is 25.7 Å². The first-order chi connectivity index (χ1) is 10.7. The van der Waals surface area contributed by atoms with E-state index in [1.54, 1.807) is 0 Å². The van der Waals surface area contributed by atoms with Crippen molar-refractivity contribution in [2.75, 3.05) is 0 Å². The third-order valence-corrected chi connectivity index (χ3v) is 4.85. The van der Waals surface area contributed by atoms with Crippen molar-refractivity contribution in [3.8, 4) is 0 Å². The number of hydrogen-bond donors (Lipinski definition) is 0. The second-order valence-electron chi connectivity index (χ2n) is 7.63. The van der Waals surface area contributed by atoms with Crippen LogP contribution in [0.2, 0.25) is 0 Å². The zero-order valence-electron chi connectivity index (χ0n) is 16.1. The highest BCUT2D eigenvalue weighted by Gasteiger charge is 2.02. The van der Waals surface area contributed by atoms with Crippen LogP contribution >= 0.6 is 0 Å². The smallest absolute Gasteiger partial charge is 0.0326 e. The molecule has 0 amide bonds. The first-order valence-electron chi connectivity index (χ1n) is 10.3. The molecule has 0 aromatic heterocycles. The molecule has 22 heavy (non-hydrogen) atoms. The van der Waals surface area contributed by atoms with E-state index in [2.05, 4.69) is 27.4 Å². The molecule has 0 aliphatic rings. The Bertz CT molecular complexity index is 228. The summed E-state index contributed by atoms with van der Waals surface area (Å²) in [6.07, 6.45) is 22.9. The Morgan fingerprint density at radius 1 is 0.682 bits per heavy atom. The summed E-state index contributed by atoms with van der Waals surface area (Å²) in [7, 11) is 0. The molecule has 0 spiro atoms. The molecule has 0 saturated carbocycles. The number of rotatable bonds is 17. The maximum atomic E-state index is 3.99. The van der Waals surface area contributed by atoms with Crippen LogP contribution < -0.4 is 0 Å². The van der Waals surface area contributed by atoms with Gasteiger partial charge in [0.1, 0.15) is 0 Å². The van der Waals surface area contributed by atoms with Gasteiger partial charge in [0, 0.05) is 0 Å². The molecule has 0 saturated heterocycles. The summed E-state index contributed by atoms with van der Waals surface area (Å²) < 4.78 is 0. The van der Waals surface area contributed by atoms with E-state index in [1.807, 2.05) is 0 Å². The summed E-state index contributed by atoms with van der Waals surface area (Å²) in [6.45, 7) is 10.9. The van der Waals surface area contributed by atoms with Gasteiger partial charge in [0.2, 0.25) is 0 Å². The van der Waals surface area contributed by atoms with Crippen molar-refractivity contribution in [1.82, 2.24) is 0 Å². The molecule has 0 heterocycles. The lowest BCUT2D eigenvalue weighted by Gasteiger charge is -2.11. The zero-order valence-corrected chi connectivity index (χ0v) is 16.1. The lowest BCUT2D eigenvalue weighted by molar-refractivity contribution is 0.442. The first kappa shape index (κ1) is 21.7. The second kappa shape index (κ2) is 17.1. The van der Waals surface area contributed by atoms with Crippen molar-refractivity contribution < 1.29 is 0 Å². The van der Waals surface area contributed by atoms with Crippen LogP contribution in [-0.4, -0.2) is 0 Å². The van der Waals surface area contributed by atoms with Crippen molar-refractivity contribution in [2.45, 2.75) is 124 Å². The Hall–Kier alpha value is -0.260. The van der Waals surface area contributed by atoms with Crippen molar-refractivity contribution in [3.05, 3.63) is 12.2 Å². The quantitative estimate of drug-likeness (QED) is 0.187. The molecule has 0 N–H and O–H groups in total. The molecule has 0 fully saturated rings. The topological polar surface area (TPSA) is 0 Å². The maximum Gasteiger partial charge on any atom is -0.0326 e. The molecule has 0 radical (unpaired) electrons. The minimum Gasteiger partial charge on any atom is -0.100 e. The van der Waals surface area contributed by atoms with Crippen LogP contribution in [0.4, 0.5) is 0 Å². The molecule has 1 atom stereocenters. The monoisotopic (exact) mass is 308 g/mol. The van der Waals surface area contributed by atoms with Crippen LogP contribution in [-0.2, 0) is 0 Å². The second-order valence-corrected chi connectivity index (χ2v) is 7.63. The van der Waals surface area contributed by atoms with Gasteiger partial charge in [0.25, 0.3) is 0 Å². The Morgan fingerprint density at radius 2 is 1.09 bits per heavy atom. The van der Waals surface area contributed by atoms with E-state index < -0.39 is 0 Å². The summed E-state index contributed by atoms with van der Waals surface area (Å²) in [5.74, 6) is 0.919. The van der Waals surface area contributed by atoms with Gasteiger partial charge in [0.05, 0.1) is 0 Å². The summed E-state index contributed by atoms with van der Waals surface area (Å²) in [5.41, 5.74) is 1.34. The van der Waals surface area contributed by atoms with E-state index in [1.165, 1.54) is 108 Å². The van der Waals surface area contributed by atoms with Gasteiger partial charge in [-0.2, -0.15) is 0 Å². The van der Waals surface area contributed by atoms with E-state index in [0.717, 1.165) is 5.92 Å². The van der Waals surface area contributed by atoms with E-state index in [9.17, 15) is 0 Å². The fourth-order valence-corrected chi connectivity index (χ4v) is 3.23. The molecule has 0 aliphatic carbocycles. The lowest BCUT2D eigenvalue weighted by atomic mass is 9.96. The number of hydrogen-bond acceptors (Lipinski definition) is 0. The molecule has 0 rings (SSSR count). The first-order valence-corrected chi connectivity index (χ1v) is 10.3. The summed E-state index contributed by atoms with van der Waals surface area (Å²) in [5, 5.41) is 0. The van der Waals surface area contributed by atoms with Gasteiger partial charge in [-0.3, -0.25) is 0 Å². The van der Waals surface area contributed by atoms with Crippen molar-refractivity contribution >= 4 is 0 Å². The lowest BCUT2D eigenvalue weighted by Crippen LogP contribution is -1.95. The molecule has 0 nitrogen and oxygen atoms in total. The Labute approximate surface area is 142 Å². The molecule has 0 heteroatoms. The van der Waals surface area contributed by atoms with Crippen LogP contribution in [0.3, 0.4) is 0 Å². The average Bonchev–Trinajstić information content (AvgIpc) is 2.48. The molecular weight excluding hydrogens is 264 g/mol. The zero-order chi connectivity index (χ0) is 16.5. The summed E-state index contributed by atoms with van der Waals surface area (Å²) >= 11 is 0. The van der Waals surface area contributed by atoms with Crippen molar-refractivity contribution in [1.29, 1.82) is 0 Å². The standard InChI is InChI=1S/C22H44/c1-5-6-7-8-9-10-11-12-13-14-15-16-19-22(4)20-17-18-21(2)3/h22H,2,5-20H2,1,3-4H3. The molecular formula is C22H44. The third-order valence-electron chi connectivity index (χ3n) is 4.85. The predicted octanol–water partition coefficient (Wildman–Crippen LogP) is 8.46. The van der Waals surface area contributed by atoms with Gasteiger partial charge < -0.3 is 0 Å². The minimum absolute atomic E-state index is 0.919. The van der Waals surface area contributed by atoms with Gasteiger partial charge in [-0.25, -0.2) is 0 Å². The summed E-state index contributed by atoms with van der Waals surface area (Å²) in [6, 6.07) is 0. The minimum atomic E-state index is 0.919. The van der Waals surface area contributed by atoms with E-state index in [0.29, 0.717) is 0 Å². The van der Waals surface area contributed by atoms with E-state index >= 15 is 0 Å². The van der Waals surface area contributed by atoms with Crippen LogP contribution in [0, 0.1) is 5.92 Å². The molecule has 0 aromatic carbocycles. The fourth-order valence-electron chi connectivity index (χ4n) is 3.23. The Morgan fingerprint density at radius 3 is 1.55 bits per heavy atom. The van der Waals surface area contributed by atoms with Gasteiger partial charge in [-0.15, -0.1) is 6.58 Å². The fraction of sp³-hybridized carbons (Fsp3) is 0.909. The predicted molar refractivity (Wildman–Crippen MR) is 104 cm³/mol. The molecule has 0 aliphatic heterocycles. The summed E-state index contributed by atoms with van der Waals surface area (Å²) in [4.78, 5) is 0. The molecule has 0 bridgehead atoms. The average molecular weight is 309 g/mol. The Kier molecular flexibility index (Phi) is 16.9. The van der Waals surface area contributed by atoms with Crippen molar-refractivity contribution in [3.63, 3.8) is 0 Å². The number of unbranched alkanes of at least 4 members (excludes halogenated alkanes) is 11. The van der Waals surface area contributed by atoms with Crippen molar-refractivity contribution in [2.24, 2.45) is 5.92 Å². The normalized spacial score (nSPS) is 12.5. The van der Waals surface area contributed by atoms with Crippen LogP contribution in [0.1, 0.15) is 124 Å². The van der Waals surface area contributed by atoms with Crippen LogP contribution in [0.5, 0.6) is 0 Å². The van der Waals surface area contributed by atoms with Gasteiger partial charge in [0.15, 0.2) is 0 Å². The molecule has 1 unspecified atom stereocenters. The molecule has 132 valence electrons. The largest absolute Gasteiger partial charge is 0.100 e. The van der Waals surface area contributed by atoms with Gasteiger partial charge in [-0.1, -0.05) is 109 Å². The van der Waals surface area contributed by atoms with Crippen LogP contribution in [0.25, 0.3) is 0 Å². The van der Waals surface area contributed by atoms with Gasteiger partial charge >= 0.3 is 0 Å². The Balaban J connectivity index is 3.11. The highest BCUT2D eigenvalue weighted by atomic mass is 14.1. The SMILES string of the molecule is C=C(C)CCCC(C)CCCCCCCCCCCCCC. The molecule has 0 aromatic rings. The van der Waals surface area contributed by atoms with E-state index in [4.69, 9.17) is 0 Å². The third kappa shape index (κ3) is 17.8. The maximum absolute atomic E-state index is 3.99. The highest BCUT2D eigenvalue weighted by Crippen LogP contribution is 2.18. The number of allylic oxidation sites excluding steroid dienone is 1.